The predicted molar refractivity (Wildman–Crippen MR) is 125 cm³/mol. The summed E-state index contributed by atoms with van der Waals surface area (Å²) in [5.41, 5.74) is 10.8. The van der Waals surface area contributed by atoms with Gasteiger partial charge in [-0.15, -0.1) is 0 Å². The summed E-state index contributed by atoms with van der Waals surface area (Å²) >= 11 is 0. The lowest BCUT2D eigenvalue weighted by molar-refractivity contribution is 0.275. The summed E-state index contributed by atoms with van der Waals surface area (Å²) in [5.74, 6) is 2.26. The van der Waals surface area contributed by atoms with Crippen molar-refractivity contribution in [3.8, 4) is 17.6 Å². The van der Waals surface area contributed by atoms with E-state index in [0.717, 1.165) is 58.8 Å². The van der Waals surface area contributed by atoms with Crippen molar-refractivity contribution in [2.75, 3.05) is 13.2 Å². The maximum atomic E-state index is 9.94. The summed E-state index contributed by atoms with van der Waals surface area (Å²) in [6.07, 6.45) is 4.80. The molecule has 0 fully saturated rings. The van der Waals surface area contributed by atoms with Crippen molar-refractivity contribution in [3.63, 3.8) is 0 Å². The summed E-state index contributed by atoms with van der Waals surface area (Å²) in [7, 11) is 0. The second-order valence-corrected chi connectivity index (χ2v) is 7.74. The first-order valence-electron chi connectivity index (χ1n) is 11.1. The van der Waals surface area contributed by atoms with Crippen LogP contribution in [-0.2, 0) is 4.74 Å². The van der Waals surface area contributed by atoms with Gasteiger partial charge in [0.1, 0.15) is 28.9 Å². The topological polar surface area (TPSA) is 77.5 Å². The Balaban J connectivity index is 1.85. The van der Waals surface area contributed by atoms with E-state index in [4.69, 9.17) is 19.9 Å². The van der Waals surface area contributed by atoms with Gasteiger partial charge in [0.25, 0.3) is 0 Å². The number of ether oxygens (including phenoxy) is 3. The third-order valence-electron chi connectivity index (χ3n) is 5.79. The highest BCUT2D eigenvalue weighted by Crippen LogP contribution is 2.48. The molecule has 2 aromatic carbocycles. The van der Waals surface area contributed by atoms with Crippen LogP contribution in [0.2, 0.25) is 0 Å². The Labute approximate surface area is 189 Å². The standard InChI is InChI=1S/C27H28N2O3/c1-3-30-23-14-7-5-10-18(23)16-19-11-9-13-21-25(22(17-28)27(29)32-26(19)21)20-12-6-8-15-24(20)31-4-2/h5-8,10,12,14-16,25H,3-4,9,11,13,29H2,1-2H3/b19-16+. The van der Waals surface area contributed by atoms with E-state index in [-0.39, 0.29) is 11.8 Å². The highest BCUT2D eigenvalue weighted by molar-refractivity contribution is 5.66. The number of nitriles is 1. The molecule has 2 N–H and O–H groups in total. The van der Waals surface area contributed by atoms with Crippen LogP contribution in [0.15, 0.2) is 76.9 Å². The lowest BCUT2D eigenvalue weighted by Gasteiger charge is -2.33. The van der Waals surface area contributed by atoms with Gasteiger partial charge in [-0.2, -0.15) is 5.26 Å². The number of para-hydroxylation sites is 2. The van der Waals surface area contributed by atoms with Crippen LogP contribution in [0.5, 0.6) is 11.5 Å². The SMILES string of the molecule is CCOc1ccccc1/C=C1\CCCC2=C1OC(N)=C(C#N)C2c1ccccc1OCC. The number of nitrogens with two attached hydrogens (primary N) is 1. The third-order valence-corrected chi connectivity index (χ3v) is 5.79. The van der Waals surface area contributed by atoms with Crippen LogP contribution in [0.3, 0.4) is 0 Å². The number of hydrogen-bond acceptors (Lipinski definition) is 5. The summed E-state index contributed by atoms with van der Waals surface area (Å²) in [4.78, 5) is 0. The minimum absolute atomic E-state index is 0.161. The smallest absolute Gasteiger partial charge is 0.205 e. The molecule has 0 saturated carbocycles. The van der Waals surface area contributed by atoms with Crippen LogP contribution < -0.4 is 15.2 Å². The minimum Gasteiger partial charge on any atom is -0.494 e. The third kappa shape index (κ3) is 4.09. The van der Waals surface area contributed by atoms with Crippen molar-refractivity contribution in [1.82, 2.24) is 0 Å². The molecule has 2 aromatic rings. The summed E-state index contributed by atoms with van der Waals surface area (Å²) in [6.45, 7) is 5.08. The number of nitrogens with zero attached hydrogens (tertiary/aromatic N) is 1. The van der Waals surface area contributed by atoms with Gasteiger partial charge >= 0.3 is 0 Å². The molecular formula is C27H28N2O3. The van der Waals surface area contributed by atoms with Gasteiger partial charge in [0.15, 0.2) is 0 Å². The fourth-order valence-electron chi connectivity index (χ4n) is 4.47. The van der Waals surface area contributed by atoms with Gasteiger partial charge < -0.3 is 19.9 Å². The Morgan fingerprint density at radius 2 is 1.72 bits per heavy atom. The number of benzene rings is 2. The molecule has 0 amide bonds. The number of rotatable bonds is 6. The quantitative estimate of drug-likeness (QED) is 0.628. The van der Waals surface area contributed by atoms with Gasteiger partial charge in [-0.3, -0.25) is 0 Å². The van der Waals surface area contributed by atoms with Crippen LogP contribution in [0.4, 0.5) is 0 Å². The highest BCUT2D eigenvalue weighted by Gasteiger charge is 2.36. The molecule has 0 aromatic heterocycles. The first kappa shape index (κ1) is 21.6. The monoisotopic (exact) mass is 428 g/mol. The Kier molecular flexibility index (Phi) is 6.51. The molecule has 164 valence electrons. The largest absolute Gasteiger partial charge is 0.494 e. The molecule has 0 saturated heterocycles. The van der Waals surface area contributed by atoms with Gasteiger partial charge in [-0.05, 0) is 62.5 Å². The average Bonchev–Trinajstić information content (AvgIpc) is 2.81. The fraction of sp³-hybridized carbons (Fsp3) is 0.296. The molecule has 1 aliphatic carbocycles. The van der Waals surface area contributed by atoms with E-state index in [1.54, 1.807) is 0 Å². The summed E-state index contributed by atoms with van der Waals surface area (Å²) in [6, 6.07) is 18.1. The Bertz CT molecular complexity index is 1140. The highest BCUT2D eigenvalue weighted by atomic mass is 16.5. The summed E-state index contributed by atoms with van der Waals surface area (Å²) < 4.78 is 17.8. The van der Waals surface area contributed by atoms with Crippen LogP contribution in [-0.4, -0.2) is 13.2 Å². The van der Waals surface area contributed by atoms with E-state index < -0.39 is 0 Å². The molecule has 1 heterocycles. The van der Waals surface area contributed by atoms with Crippen LogP contribution >= 0.6 is 0 Å². The van der Waals surface area contributed by atoms with Crippen molar-refractivity contribution in [1.29, 1.82) is 5.26 Å². The minimum atomic E-state index is -0.280. The molecule has 0 spiro atoms. The molecule has 0 radical (unpaired) electrons. The van der Waals surface area contributed by atoms with Gasteiger partial charge in [0.05, 0.1) is 19.1 Å². The molecule has 0 bridgehead atoms. The molecule has 1 atom stereocenters. The molecule has 1 aliphatic heterocycles. The van der Waals surface area contributed by atoms with Gasteiger partial charge in [0, 0.05) is 11.1 Å². The van der Waals surface area contributed by atoms with Gasteiger partial charge in [0.2, 0.25) is 5.88 Å². The second kappa shape index (κ2) is 9.65. The molecule has 1 unspecified atom stereocenters. The van der Waals surface area contributed by atoms with Gasteiger partial charge in [-0.1, -0.05) is 36.4 Å². The molecule has 5 nitrogen and oxygen atoms in total. The lowest BCUT2D eigenvalue weighted by atomic mass is 9.76. The average molecular weight is 429 g/mol. The summed E-state index contributed by atoms with van der Waals surface area (Å²) in [5, 5.41) is 9.94. The second-order valence-electron chi connectivity index (χ2n) is 7.74. The normalized spacial score (nSPS) is 19.3. The molecule has 5 heteroatoms. The zero-order valence-electron chi connectivity index (χ0n) is 18.6. The van der Waals surface area contributed by atoms with E-state index in [2.05, 4.69) is 12.1 Å². The van der Waals surface area contributed by atoms with Crippen LogP contribution in [0.25, 0.3) is 6.08 Å². The van der Waals surface area contributed by atoms with Crippen molar-refractivity contribution < 1.29 is 14.2 Å². The number of hydrogen-bond donors (Lipinski definition) is 1. The van der Waals surface area contributed by atoms with E-state index >= 15 is 0 Å². The van der Waals surface area contributed by atoms with Gasteiger partial charge in [-0.25, -0.2) is 0 Å². The maximum absolute atomic E-state index is 9.94. The van der Waals surface area contributed by atoms with Crippen molar-refractivity contribution in [2.24, 2.45) is 5.73 Å². The maximum Gasteiger partial charge on any atom is 0.205 e. The van der Waals surface area contributed by atoms with E-state index in [0.29, 0.717) is 18.8 Å². The van der Waals surface area contributed by atoms with E-state index in [1.807, 2.05) is 62.4 Å². The lowest BCUT2D eigenvalue weighted by Crippen LogP contribution is -2.24. The van der Waals surface area contributed by atoms with E-state index in [1.165, 1.54) is 0 Å². The first-order chi connectivity index (χ1) is 15.7. The van der Waals surface area contributed by atoms with Crippen molar-refractivity contribution in [3.05, 3.63) is 88.0 Å². The Morgan fingerprint density at radius 1 is 1.03 bits per heavy atom. The zero-order chi connectivity index (χ0) is 22.5. The van der Waals surface area contributed by atoms with Crippen molar-refractivity contribution in [2.45, 2.75) is 39.0 Å². The van der Waals surface area contributed by atoms with Crippen molar-refractivity contribution >= 4 is 6.08 Å². The Morgan fingerprint density at radius 3 is 2.47 bits per heavy atom. The molecular weight excluding hydrogens is 400 g/mol. The molecule has 2 aliphatic rings. The Hall–Kier alpha value is -3.65. The zero-order valence-corrected chi connectivity index (χ0v) is 18.6. The van der Waals surface area contributed by atoms with Crippen LogP contribution in [0.1, 0.15) is 50.2 Å². The first-order valence-corrected chi connectivity index (χ1v) is 11.1. The number of allylic oxidation sites excluding steroid dienone is 3. The molecule has 4 rings (SSSR count). The van der Waals surface area contributed by atoms with Crippen LogP contribution in [0, 0.1) is 11.3 Å². The predicted octanol–water partition coefficient (Wildman–Crippen LogP) is 5.81. The van der Waals surface area contributed by atoms with E-state index in [9.17, 15) is 5.26 Å². The fourth-order valence-corrected chi connectivity index (χ4v) is 4.47. The molecule has 32 heavy (non-hydrogen) atoms.